The molecule has 1 rings (SSSR count). The van der Waals surface area contributed by atoms with E-state index in [0.29, 0.717) is 22.5 Å². The second kappa shape index (κ2) is 5.69. The minimum Gasteiger partial charge on any atom is -0.465 e. The van der Waals surface area contributed by atoms with Crippen LogP contribution >= 0.6 is 0 Å². The summed E-state index contributed by atoms with van der Waals surface area (Å²) in [5.74, 6) is -0.379. The Kier molecular flexibility index (Phi) is 4.48. The van der Waals surface area contributed by atoms with Crippen LogP contribution in [0.2, 0.25) is 0 Å². The fourth-order valence-electron chi connectivity index (χ4n) is 1.88. The summed E-state index contributed by atoms with van der Waals surface area (Å²) in [4.78, 5) is 11.7. The molecule has 0 aliphatic heterocycles. The number of nitrogens with two attached hydrogens (primary N) is 1. The lowest BCUT2D eigenvalue weighted by atomic mass is 9.95. The third-order valence-electron chi connectivity index (χ3n) is 3.23. The Labute approximate surface area is 113 Å². The molecule has 102 valence electrons. The van der Waals surface area contributed by atoms with Gasteiger partial charge in [0.15, 0.2) is 0 Å². The number of methoxy groups -OCH3 is 1. The maximum atomic E-state index is 11.7. The standard InChI is InChI=1S/C15H20N2O2/c1-8-6-9(2)13(15(18)19-5)7-12(8)14(17)10(3)11(4)16/h6-7,16H,17H2,1-5H3/b14-10-,16-11?. The molecular weight excluding hydrogens is 240 g/mol. The van der Waals surface area contributed by atoms with Gasteiger partial charge in [0, 0.05) is 17.0 Å². The Morgan fingerprint density at radius 3 is 2.16 bits per heavy atom. The summed E-state index contributed by atoms with van der Waals surface area (Å²) in [5.41, 5.74) is 10.8. The van der Waals surface area contributed by atoms with Crippen LogP contribution in [0.25, 0.3) is 5.70 Å². The van der Waals surface area contributed by atoms with E-state index in [1.807, 2.05) is 19.9 Å². The van der Waals surface area contributed by atoms with Crippen molar-refractivity contribution in [1.82, 2.24) is 0 Å². The molecule has 0 amide bonds. The quantitative estimate of drug-likeness (QED) is 0.648. The topological polar surface area (TPSA) is 76.2 Å². The van der Waals surface area contributed by atoms with Crippen LogP contribution in [0.3, 0.4) is 0 Å². The predicted octanol–water partition coefficient (Wildman–Crippen LogP) is 2.82. The number of nitrogens with one attached hydrogen (secondary N) is 1. The van der Waals surface area contributed by atoms with Gasteiger partial charge in [-0.05, 0) is 50.5 Å². The maximum absolute atomic E-state index is 11.7. The number of ether oxygens (including phenoxy) is 1. The Morgan fingerprint density at radius 1 is 1.16 bits per heavy atom. The number of esters is 1. The molecule has 4 nitrogen and oxygen atoms in total. The van der Waals surface area contributed by atoms with Crippen molar-refractivity contribution in [2.45, 2.75) is 27.7 Å². The van der Waals surface area contributed by atoms with E-state index < -0.39 is 0 Å². The van der Waals surface area contributed by atoms with Crippen LogP contribution < -0.4 is 5.73 Å². The van der Waals surface area contributed by atoms with Gasteiger partial charge in [-0.1, -0.05) is 6.07 Å². The summed E-state index contributed by atoms with van der Waals surface area (Å²) in [6, 6.07) is 3.64. The zero-order chi connectivity index (χ0) is 14.7. The number of rotatable bonds is 3. The average molecular weight is 260 g/mol. The van der Waals surface area contributed by atoms with E-state index in [0.717, 1.165) is 16.7 Å². The van der Waals surface area contributed by atoms with Gasteiger partial charge in [0.05, 0.1) is 12.7 Å². The van der Waals surface area contributed by atoms with Crippen LogP contribution in [0.5, 0.6) is 0 Å². The lowest BCUT2D eigenvalue weighted by molar-refractivity contribution is 0.0600. The predicted molar refractivity (Wildman–Crippen MR) is 77.4 cm³/mol. The van der Waals surface area contributed by atoms with Gasteiger partial charge in [-0.25, -0.2) is 4.79 Å². The third-order valence-corrected chi connectivity index (χ3v) is 3.23. The van der Waals surface area contributed by atoms with Crippen LogP contribution in [0.1, 0.15) is 40.9 Å². The molecule has 0 aliphatic rings. The first-order chi connectivity index (χ1) is 8.79. The lowest BCUT2D eigenvalue weighted by Gasteiger charge is -2.13. The molecule has 0 bridgehead atoms. The molecule has 0 aromatic heterocycles. The zero-order valence-electron chi connectivity index (χ0n) is 12.0. The van der Waals surface area contributed by atoms with Crippen molar-refractivity contribution in [3.05, 3.63) is 40.0 Å². The molecular formula is C15H20N2O2. The summed E-state index contributed by atoms with van der Waals surface area (Å²) in [5, 5.41) is 7.64. The molecule has 3 N–H and O–H groups in total. The molecule has 0 unspecified atom stereocenters. The Morgan fingerprint density at radius 2 is 1.68 bits per heavy atom. The number of aryl methyl sites for hydroxylation is 2. The van der Waals surface area contributed by atoms with E-state index in [1.54, 1.807) is 19.9 Å². The second-order valence-electron chi connectivity index (χ2n) is 4.64. The second-order valence-corrected chi connectivity index (χ2v) is 4.64. The maximum Gasteiger partial charge on any atom is 0.338 e. The van der Waals surface area contributed by atoms with E-state index in [-0.39, 0.29) is 5.97 Å². The minimum atomic E-state index is -0.379. The Hall–Kier alpha value is -2.10. The summed E-state index contributed by atoms with van der Waals surface area (Å²) >= 11 is 0. The smallest absolute Gasteiger partial charge is 0.338 e. The summed E-state index contributed by atoms with van der Waals surface area (Å²) < 4.78 is 4.76. The Balaban J connectivity index is 3.50. The average Bonchev–Trinajstić information content (AvgIpc) is 2.36. The number of carbonyl (C=O) groups is 1. The molecule has 4 heteroatoms. The van der Waals surface area contributed by atoms with Gasteiger partial charge in [-0.3, -0.25) is 0 Å². The van der Waals surface area contributed by atoms with Gasteiger partial charge in [0.25, 0.3) is 0 Å². The lowest BCUT2D eigenvalue weighted by Crippen LogP contribution is -2.10. The highest BCUT2D eigenvalue weighted by molar-refractivity contribution is 6.02. The first-order valence-corrected chi connectivity index (χ1v) is 6.01. The molecule has 0 atom stereocenters. The van der Waals surface area contributed by atoms with Crippen molar-refractivity contribution in [2.24, 2.45) is 5.73 Å². The number of hydrogen-bond donors (Lipinski definition) is 2. The number of allylic oxidation sites excluding steroid dienone is 1. The van der Waals surface area contributed by atoms with Crippen LogP contribution in [0.15, 0.2) is 17.7 Å². The summed E-state index contributed by atoms with van der Waals surface area (Å²) in [7, 11) is 1.35. The molecule has 0 saturated heterocycles. The van der Waals surface area contributed by atoms with Crippen molar-refractivity contribution in [3.8, 4) is 0 Å². The van der Waals surface area contributed by atoms with Gasteiger partial charge in [0.1, 0.15) is 0 Å². The van der Waals surface area contributed by atoms with Gasteiger partial charge in [-0.15, -0.1) is 0 Å². The largest absolute Gasteiger partial charge is 0.465 e. The van der Waals surface area contributed by atoms with Crippen LogP contribution in [-0.4, -0.2) is 18.8 Å². The molecule has 1 aromatic rings. The molecule has 19 heavy (non-hydrogen) atoms. The van der Waals surface area contributed by atoms with Crippen molar-refractivity contribution in [3.63, 3.8) is 0 Å². The van der Waals surface area contributed by atoms with Crippen LogP contribution in [0, 0.1) is 19.3 Å². The van der Waals surface area contributed by atoms with E-state index in [9.17, 15) is 4.79 Å². The van der Waals surface area contributed by atoms with Gasteiger partial charge in [-0.2, -0.15) is 0 Å². The first kappa shape index (κ1) is 15.0. The van der Waals surface area contributed by atoms with Crippen molar-refractivity contribution >= 4 is 17.4 Å². The molecule has 0 fully saturated rings. The van der Waals surface area contributed by atoms with E-state index in [4.69, 9.17) is 15.9 Å². The highest BCUT2D eigenvalue weighted by Gasteiger charge is 2.14. The first-order valence-electron chi connectivity index (χ1n) is 6.01. The summed E-state index contributed by atoms with van der Waals surface area (Å²) in [6.45, 7) is 7.28. The number of hydrogen-bond acceptors (Lipinski definition) is 4. The molecule has 0 heterocycles. The van der Waals surface area contributed by atoms with Crippen LogP contribution in [-0.2, 0) is 4.74 Å². The van der Waals surface area contributed by atoms with Crippen LogP contribution in [0.4, 0.5) is 0 Å². The summed E-state index contributed by atoms with van der Waals surface area (Å²) in [6.07, 6.45) is 0. The zero-order valence-corrected chi connectivity index (χ0v) is 12.0. The normalized spacial score (nSPS) is 11.8. The molecule has 0 aliphatic carbocycles. The monoisotopic (exact) mass is 260 g/mol. The molecule has 1 aromatic carbocycles. The third kappa shape index (κ3) is 3.02. The highest BCUT2D eigenvalue weighted by atomic mass is 16.5. The van der Waals surface area contributed by atoms with Gasteiger partial charge in [0.2, 0.25) is 0 Å². The van der Waals surface area contributed by atoms with E-state index in [1.165, 1.54) is 7.11 Å². The SMILES string of the molecule is COC(=O)c1cc(/C(N)=C(\C)C(C)=N)c(C)cc1C. The molecule has 0 spiro atoms. The minimum absolute atomic E-state index is 0.379. The van der Waals surface area contributed by atoms with Crippen molar-refractivity contribution < 1.29 is 9.53 Å². The van der Waals surface area contributed by atoms with Crippen molar-refractivity contribution in [2.75, 3.05) is 7.11 Å². The van der Waals surface area contributed by atoms with Crippen molar-refractivity contribution in [1.29, 1.82) is 5.41 Å². The fraction of sp³-hybridized carbons (Fsp3) is 0.333. The molecule has 0 radical (unpaired) electrons. The van der Waals surface area contributed by atoms with Gasteiger partial charge >= 0.3 is 5.97 Å². The fourth-order valence-corrected chi connectivity index (χ4v) is 1.88. The molecule has 0 saturated carbocycles. The number of carbonyl (C=O) groups excluding carboxylic acids is 1. The van der Waals surface area contributed by atoms with Gasteiger partial charge < -0.3 is 15.9 Å². The number of benzene rings is 1. The Bertz CT molecular complexity index is 572. The highest BCUT2D eigenvalue weighted by Crippen LogP contribution is 2.23. The van der Waals surface area contributed by atoms with E-state index >= 15 is 0 Å². The van der Waals surface area contributed by atoms with E-state index in [2.05, 4.69) is 0 Å².